The maximum absolute atomic E-state index is 13.3. The number of rotatable bonds is 6. The topological polar surface area (TPSA) is 116 Å². The van der Waals surface area contributed by atoms with Crippen LogP contribution in [0.4, 0.5) is 0 Å². The van der Waals surface area contributed by atoms with Gasteiger partial charge in [-0.15, -0.1) is 5.10 Å². The molecule has 3 aliphatic rings. The van der Waals surface area contributed by atoms with Crippen molar-refractivity contribution < 1.29 is 19.1 Å². The van der Waals surface area contributed by atoms with Crippen molar-refractivity contribution in [2.45, 2.75) is 50.9 Å². The summed E-state index contributed by atoms with van der Waals surface area (Å²) in [7, 11) is 1.79. The SMILES string of the molecule is Cn1ncc(-c2nn(N3CC[C@@]4(CC(=O)NC4C(=O)OCc4ccccc4)C3)c3cccc(C4CCCCO4)c23)n1. The average Bonchev–Trinajstić information content (AvgIpc) is 3.78. The summed E-state index contributed by atoms with van der Waals surface area (Å²) >= 11 is 0. The third-order valence-electron chi connectivity index (χ3n) is 8.61. The van der Waals surface area contributed by atoms with Crippen LogP contribution in [0.15, 0.2) is 54.7 Å². The number of fused-ring (bicyclic) bond motifs is 1. The van der Waals surface area contributed by atoms with Crippen LogP contribution in [-0.2, 0) is 32.7 Å². The van der Waals surface area contributed by atoms with Gasteiger partial charge in [0.25, 0.3) is 0 Å². The molecule has 3 saturated heterocycles. The fourth-order valence-corrected chi connectivity index (χ4v) is 6.61. The third kappa shape index (κ3) is 4.63. The fraction of sp³-hybridized carbons (Fsp3) is 0.433. The number of hydrogen-bond donors (Lipinski definition) is 1. The van der Waals surface area contributed by atoms with E-state index >= 15 is 0 Å². The van der Waals surface area contributed by atoms with Crippen molar-refractivity contribution in [3.05, 3.63) is 65.9 Å². The van der Waals surface area contributed by atoms with Crippen LogP contribution in [-0.4, -0.2) is 62.5 Å². The zero-order valence-corrected chi connectivity index (χ0v) is 23.0. The first-order chi connectivity index (χ1) is 20.0. The summed E-state index contributed by atoms with van der Waals surface area (Å²) in [5.41, 5.74) is 3.80. The van der Waals surface area contributed by atoms with Gasteiger partial charge < -0.3 is 14.8 Å². The molecule has 0 radical (unpaired) electrons. The van der Waals surface area contributed by atoms with Gasteiger partial charge in [-0.1, -0.05) is 42.5 Å². The lowest BCUT2D eigenvalue weighted by Gasteiger charge is -2.29. The van der Waals surface area contributed by atoms with E-state index in [1.165, 1.54) is 4.80 Å². The number of carbonyl (C=O) groups excluding carboxylic acids is 2. The predicted molar refractivity (Wildman–Crippen MR) is 150 cm³/mol. The highest BCUT2D eigenvalue weighted by Crippen LogP contribution is 2.43. The van der Waals surface area contributed by atoms with Gasteiger partial charge in [-0.2, -0.15) is 19.8 Å². The first kappa shape index (κ1) is 25.7. The molecule has 5 heterocycles. The Morgan fingerprint density at radius 1 is 1.15 bits per heavy atom. The molecule has 1 spiro atoms. The van der Waals surface area contributed by atoms with Crippen molar-refractivity contribution in [3.63, 3.8) is 0 Å². The van der Waals surface area contributed by atoms with Crippen molar-refractivity contribution in [3.8, 4) is 11.4 Å². The molecule has 2 aromatic carbocycles. The van der Waals surface area contributed by atoms with Crippen molar-refractivity contribution >= 4 is 22.8 Å². The number of hydrogen-bond acceptors (Lipinski definition) is 8. The molecule has 4 aromatic rings. The smallest absolute Gasteiger partial charge is 0.329 e. The van der Waals surface area contributed by atoms with Gasteiger partial charge in [0.15, 0.2) is 0 Å². The first-order valence-electron chi connectivity index (χ1n) is 14.3. The van der Waals surface area contributed by atoms with E-state index in [9.17, 15) is 9.59 Å². The number of nitrogens with one attached hydrogen (secondary N) is 1. The molecule has 1 amide bonds. The summed E-state index contributed by atoms with van der Waals surface area (Å²) in [6.45, 7) is 2.03. The van der Waals surface area contributed by atoms with Crippen LogP contribution in [0.25, 0.3) is 22.3 Å². The van der Waals surface area contributed by atoms with Crippen LogP contribution in [0.3, 0.4) is 0 Å². The van der Waals surface area contributed by atoms with Gasteiger partial charge in [0.1, 0.15) is 24.0 Å². The highest BCUT2D eigenvalue weighted by Gasteiger charge is 2.55. The minimum Gasteiger partial charge on any atom is -0.459 e. The van der Waals surface area contributed by atoms with Crippen LogP contribution in [0.2, 0.25) is 0 Å². The number of esters is 1. The number of aromatic nitrogens is 5. The molecular formula is C30H33N7O4. The molecule has 41 heavy (non-hydrogen) atoms. The van der Waals surface area contributed by atoms with Gasteiger partial charge in [0.2, 0.25) is 5.91 Å². The van der Waals surface area contributed by atoms with Crippen LogP contribution in [0.1, 0.15) is 49.3 Å². The number of carbonyl (C=O) groups is 2. The van der Waals surface area contributed by atoms with Crippen molar-refractivity contribution in [2.24, 2.45) is 12.5 Å². The minimum atomic E-state index is -0.712. The molecular weight excluding hydrogens is 522 g/mol. The van der Waals surface area contributed by atoms with E-state index in [1.54, 1.807) is 13.2 Å². The molecule has 11 heteroatoms. The second-order valence-electron chi connectivity index (χ2n) is 11.3. The van der Waals surface area contributed by atoms with E-state index in [4.69, 9.17) is 14.6 Å². The summed E-state index contributed by atoms with van der Waals surface area (Å²) in [6, 6.07) is 15.1. The van der Waals surface area contributed by atoms with Gasteiger partial charge in [0.05, 0.1) is 17.8 Å². The van der Waals surface area contributed by atoms with Gasteiger partial charge in [-0.25, -0.2) is 4.79 Å². The first-order valence-corrected chi connectivity index (χ1v) is 14.3. The average molecular weight is 556 g/mol. The third-order valence-corrected chi connectivity index (χ3v) is 8.61. The van der Waals surface area contributed by atoms with E-state index in [0.29, 0.717) is 25.2 Å². The lowest BCUT2D eigenvalue weighted by molar-refractivity contribution is -0.150. The normalized spacial score (nSPS) is 24.3. The Morgan fingerprint density at radius 3 is 2.80 bits per heavy atom. The van der Waals surface area contributed by atoms with E-state index < -0.39 is 17.4 Å². The van der Waals surface area contributed by atoms with Gasteiger partial charge >= 0.3 is 5.97 Å². The lowest BCUT2D eigenvalue weighted by Crippen LogP contribution is -2.47. The molecule has 7 rings (SSSR count). The highest BCUT2D eigenvalue weighted by molar-refractivity contribution is 5.95. The minimum absolute atomic E-state index is 0.00846. The van der Waals surface area contributed by atoms with E-state index in [1.807, 2.05) is 41.2 Å². The van der Waals surface area contributed by atoms with E-state index in [-0.39, 0.29) is 25.0 Å². The molecule has 212 valence electrons. The second kappa shape index (κ2) is 10.3. The molecule has 3 atom stereocenters. The zero-order valence-electron chi connectivity index (χ0n) is 23.0. The molecule has 2 aromatic heterocycles. The van der Waals surface area contributed by atoms with Crippen LogP contribution in [0.5, 0.6) is 0 Å². The predicted octanol–water partition coefficient (Wildman–Crippen LogP) is 3.03. The van der Waals surface area contributed by atoms with E-state index in [0.717, 1.165) is 53.6 Å². The van der Waals surface area contributed by atoms with Gasteiger partial charge in [-0.05, 0) is 42.9 Å². The number of aryl methyl sites for hydroxylation is 1. The summed E-state index contributed by atoms with van der Waals surface area (Å²) in [6.07, 6.45) is 5.79. The van der Waals surface area contributed by atoms with Crippen molar-refractivity contribution in [2.75, 3.05) is 24.7 Å². The van der Waals surface area contributed by atoms with Crippen molar-refractivity contribution in [1.82, 2.24) is 30.2 Å². The largest absolute Gasteiger partial charge is 0.459 e. The number of amides is 1. The van der Waals surface area contributed by atoms with Crippen LogP contribution >= 0.6 is 0 Å². The monoisotopic (exact) mass is 555 g/mol. The highest BCUT2D eigenvalue weighted by atomic mass is 16.5. The molecule has 0 aliphatic carbocycles. The molecule has 11 nitrogen and oxygen atoms in total. The number of ether oxygens (including phenoxy) is 2. The molecule has 3 aliphatic heterocycles. The lowest BCUT2D eigenvalue weighted by atomic mass is 9.79. The number of benzene rings is 2. The Hall–Kier alpha value is -4.25. The van der Waals surface area contributed by atoms with Crippen LogP contribution < -0.4 is 10.3 Å². The van der Waals surface area contributed by atoms with Gasteiger partial charge in [0, 0.05) is 44.0 Å². The molecule has 3 fully saturated rings. The second-order valence-corrected chi connectivity index (χ2v) is 11.3. The number of nitrogens with zero attached hydrogens (tertiary/aromatic N) is 6. The Kier molecular flexibility index (Phi) is 6.45. The van der Waals surface area contributed by atoms with E-state index in [2.05, 4.69) is 32.7 Å². The summed E-state index contributed by atoms with van der Waals surface area (Å²) in [4.78, 5) is 29.4. The quantitative estimate of drug-likeness (QED) is 0.361. The molecule has 1 N–H and O–H groups in total. The molecule has 2 unspecified atom stereocenters. The van der Waals surface area contributed by atoms with Gasteiger partial charge in [-0.3, -0.25) is 9.80 Å². The molecule has 0 bridgehead atoms. The fourth-order valence-electron chi connectivity index (χ4n) is 6.61. The molecule has 0 saturated carbocycles. The Balaban J connectivity index is 1.22. The summed E-state index contributed by atoms with van der Waals surface area (Å²) < 4.78 is 11.9. The zero-order chi connectivity index (χ0) is 28.0. The van der Waals surface area contributed by atoms with Crippen molar-refractivity contribution in [1.29, 1.82) is 0 Å². The Labute approximate surface area is 237 Å². The Bertz CT molecular complexity index is 1590. The van der Waals surface area contributed by atoms with Crippen LogP contribution in [0, 0.1) is 5.41 Å². The Morgan fingerprint density at radius 2 is 2.02 bits per heavy atom. The maximum Gasteiger partial charge on any atom is 0.329 e. The summed E-state index contributed by atoms with van der Waals surface area (Å²) in [5.74, 6) is -0.528. The standard InChI is InChI=1S/C30H33N7O4/c1-35-31-17-22(33-35)27-26-21(24-12-5-6-15-40-24)10-7-11-23(26)37(34-27)36-14-13-30(19-36)16-25(38)32-28(30)29(39)41-18-20-8-3-2-4-9-20/h2-4,7-11,17,24,28H,5-6,12-16,18-19H2,1H3,(H,32,38)/t24?,28?,30-/m1/s1. The maximum atomic E-state index is 13.3. The summed E-state index contributed by atoms with van der Waals surface area (Å²) in [5, 5.41) is 20.0.